The van der Waals surface area contributed by atoms with Gasteiger partial charge in [-0.15, -0.1) is 5.10 Å². The lowest BCUT2D eigenvalue weighted by Gasteiger charge is -2.28. The number of nitrogens with zero attached hydrogens (tertiary/aromatic N) is 5. The molecule has 2 N–H and O–H groups in total. The predicted molar refractivity (Wildman–Crippen MR) is 116 cm³/mol. The highest BCUT2D eigenvalue weighted by Crippen LogP contribution is 2.34. The first-order valence-electron chi connectivity index (χ1n) is 11.1. The summed E-state index contributed by atoms with van der Waals surface area (Å²) < 4.78 is 1.90. The number of aromatic nitrogens is 3. The van der Waals surface area contributed by atoms with Crippen molar-refractivity contribution in [1.82, 2.24) is 30.5 Å². The number of carbonyl (C=O) groups excluding carboxylic acids is 4. The average molecular weight is 451 g/mol. The second-order valence-corrected chi connectivity index (χ2v) is 8.67. The van der Waals surface area contributed by atoms with Crippen LogP contribution in [0.25, 0.3) is 0 Å². The van der Waals surface area contributed by atoms with E-state index in [0.717, 1.165) is 36.5 Å². The molecule has 0 aliphatic carbocycles. The molecule has 1 aromatic carbocycles. The number of imide groups is 2. The molecule has 0 spiro atoms. The van der Waals surface area contributed by atoms with E-state index in [-0.39, 0.29) is 24.0 Å². The third-order valence-corrected chi connectivity index (χ3v) is 6.50. The summed E-state index contributed by atoms with van der Waals surface area (Å²) in [4.78, 5) is 53.0. The van der Waals surface area contributed by atoms with Crippen molar-refractivity contribution in [2.24, 2.45) is 0 Å². The van der Waals surface area contributed by atoms with Gasteiger partial charge in [0.05, 0.1) is 35.6 Å². The number of amides is 4. The highest BCUT2D eigenvalue weighted by atomic mass is 16.2. The molecule has 11 nitrogen and oxygen atoms in total. The van der Waals surface area contributed by atoms with Crippen molar-refractivity contribution >= 4 is 29.3 Å². The van der Waals surface area contributed by atoms with Crippen molar-refractivity contribution in [3.8, 4) is 0 Å². The summed E-state index contributed by atoms with van der Waals surface area (Å²) in [6, 6.07) is 4.41. The molecule has 3 aliphatic rings. The Morgan fingerprint density at radius 3 is 2.64 bits per heavy atom. The van der Waals surface area contributed by atoms with Crippen LogP contribution in [0.5, 0.6) is 0 Å². The number of hydrogen-bond acceptors (Lipinski definition) is 8. The molecule has 1 unspecified atom stereocenters. The third-order valence-electron chi connectivity index (χ3n) is 6.50. The van der Waals surface area contributed by atoms with Crippen molar-refractivity contribution < 1.29 is 19.2 Å². The standard InChI is InChI=1S/C22H25N7O4/c1-27(11-13-12-28(26-25-13)14-7-9-23-10-8-14)16-4-2-3-15-19(16)22(33)29(21(15)32)17-5-6-18(30)24-20(17)31/h2-4,12,14,17,23H,5-11H2,1H3,(H,24,30,31). The number of benzene rings is 1. The summed E-state index contributed by atoms with van der Waals surface area (Å²) in [5.41, 5.74) is 1.86. The molecular formula is C22H25N7O4. The van der Waals surface area contributed by atoms with Crippen LogP contribution >= 0.6 is 0 Å². The highest BCUT2D eigenvalue weighted by molar-refractivity contribution is 6.25. The second-order valence-electron chi connectivity index (χ2n) is 8.67. The van der Waals surface area contributed by atoms with Gasteiger partial charge in [-0.2, -0.15) is 0 Å². The van der Waals surface area contributed by atoms with Crippen molar-refractivity contribution in [3.05, 3.63) is 41.2 Å². The topological polar surface area (TPSA) is 130 Å². The van der Waals surface area contributed by atoms with Crippen LogP contribution in [-0.2, 0) is 16.1 Å². The third kappa shape index (κ3) is 3.78. The maximum Gasteiger partial charge on any atom is 0.264 e. The molecule has 4 heterocycles. The molecular weight excluding hydrogens is 426 g/mol. The number of carbonyl (C=O) groups is 4. The summed E-state index contributed by atoms with van der Waals surface area (Å²) in [6.45, 7) is 2.31. The molecule has 2 saturated heterocycles. The number of nitrogens with one attached hydrogen (secondary N) is 2. The summed E-state index contributed by atoms with van der Waals surface area (Å²) in [6.07, 6.45) is 4.14. The molecule has 33 heavy (non-hydrogen) atoms. The van der Waals surface area contributed by atoms with Crippen LogP contribution in [0.3, 0.4) is 0 Å². The van der Waals surface area contributed by atoms with E-state index in [1.54, 1.807) is 18.2 Å². The minimum atomic E-state index is -0.988. The maximum atomic E-state index is 13.3. The van der Waals surface area contributed by atoms with Gasteiger partial charge < -0.3 is 10.2 Å². The largest absolute Gasteiger partial charge is 0.368 e. The van der Waals surface area contributed by atoms with E-state index in [9.17, 15) is 19.2 Å². The van der Waals surface area contributed by atoms with Crippen molar-refractivity contribution in [2.45, 2.75) is 44.3 Å². The smallest absolute Gasteiger partial charge is 0.264 e. The van der Waals surface area contributed by atoms with Gasteiger partial charge in [0.15, 0.2) is 0 Å². The van der Waals surface area contributed by atoms with Crippen molar-refractivity contribution in [1.29, 1.82) is 0 Å². The Hall–Kier alpha value is -3.60. The van der Waals surface area contributed by atoms with Crippen molar-refractivity contribution in [3.63, 3.8) is 0 Å². The zero-order chi connectivity index (χ0) is 23.1. The Kier molecular flexibility index (Phi) is 5.41. The summed E-state index contributed by atoms with van der Waals surface area (Å²) >= 11 is 0. The molecule has 2 fully saturated rings. The minimum Gasteiger partial charge on any atom is -0.368 e. The lowest BCUT2D eigenvalue weighted by Crippen LogP contribution is -2.54. The van der Waals surface area contributed by atoms with Gasteiger partial charge >= 0.3 is 0 Å². The van der Waals surface area contributed by atoms with Crippen LogP contribution in [0.2, 0.25) is 0 Å². The van der Waals surface area contributed by atoms with E-state index in [0.29, 0.717) is 18.3 Å². The van der Waals surface area contributed by atoms with E-state index in [1.807, 2.05) is 22.8 Å². The fourth-order valence-electron chi connectivity index (χ4n) is 4.78. The zero-order valence-corrected chi connectivity index (χ0v) is 18.3. The van der Waals surface area contributed by atoms with Gasteiger partial charge in [0.2, 0.25) is 11.8 Å². The van der Waals surface area contributed by atoms with E-state index < -0.39 is 29.7 Å². The fraction of sp³-hybridized carbons (Fsp3) is 0.455. The molecule has 4 amide bonds. The Balaban J connectivity index is 1.37. The molecule has 0 bridgehead atoms. The normalized spacial score (nSPS) is 21.4. The van der Waals surface area contributed by atoms with E-state index in [1.165, 1.54) is 0 Å². The maximum absolute atomic E-state index is 13.3. The van der Waals surface area contributed by atoms with Crippen LogP contribution < -0.4 is 15.5 Å². The van der Waals surface area contributed by atoms with Crippen LogP contribution in [0.1, 0.15) is 58.1 Å². The van der Waals surface area contributed by atoms with Gasteiger partial charge in [-0.25, -0.2) is 4.68 Å². The average Bonchev–Trinajstić information content (AvgIpc) is 3.38. The van der Waals surface area contributed by atoms with Crippen LogP contribution in [0, 0.1) is 0 Å². The zero-order valence-electron chi connectivity index (χ0n) is 18.3. The van der Waals surface area contributed by atoms with Gasteiger partial charge in [0.1, 0.15) is 11.7 Å². The van der Waals surface area contributed by atoms with Gasteiger partial charge in [0.25, 0.3) is 11.8 Å². The van der Waals surface area contributed by atoms with Crippen LogP contribution in [0.4, 0.5) is 5.69 Å². The number of rotatable bonds is 5. The molecule has 5 rings (SSSR count). The first kappa shape index (κ1) is 21.3. The van der Waals surface area contributed by atoms with Gasteiger partial charge in [-0.05, 0) is 44.5 Å². The number of anilines is 1. The predicted octanol–water partition coefficient (Wildman–Crippen LogP) is 0.240. The molecule has 11 heteroatoms. The van der Waals surface area contributed by atoms with Crippen molar-refractivity contribution in [2.75, 3.05) is 25.0 Å². The lowest BCUT2D eigenvalue weighted by atomic mass is 10.0. The molecule has 1 atom stereocenters. The van der Waals surface area contributed by atoms with Crippen LogP contribution in [-0.4, -0.2) is 69.7 Å². The Labute approximate surface area is 190 Å². The fourth-order valence-corrected chi connectivity index (χ4v) is 4.78. The second kappa shape index (κ2) is 8.39. The SMILES string of the molecule is CN(Cc1cn(C2CCNCC2)nn1)c1cccc2c1C(=O)N(C1CCC(=O)NC1=O)C2=O. The Morgan fingerprint density at radius 2 is 1.88 bits per heavy atom. The monoisotopic (exact) mass is 451 g/mol. The Bertz CT molecular complexity index is 1140. The lowest BCUT2D eigenvalue weighted by molar-refractivity contribution is -0.136. The first-order valence-corrected chi connectivity index (χ1v) is 11.1. The van der Waals surface area contributed by atoms with E-state index in [4.69, 9.17) is 0 Å². The number of fused-ring (bicyclic) bond motifs is 1. The molecule has 3 aliphatic heterocycles. The van der Waals surface area contributed by atoms with Gasteiger partial charge in [-0.3, -0.25) is 29.4 Å². The van der Waals surface area contributed by atoms with Gasteiger partial charge in [0, 0.05) is 13.5 Å². The molecule has 0 saturated carbocycles. The number of piperidine rings is 2. The quantitative estimate of drug-likeness (QED) is 0.619. The van der Waals surface area contributed by atoms with E-state index >= 15 is 0 Å². The molecule has 1 aromatic heterocycles. The molecule has 2 aromatic rings. The molecule has 172 valence electrons. The molecule has 0 radical (unpaired) electrons. The van der Waals surface area contributed by atoms with Gasteiger partial charge in [-0.1, -0.05) is 11.3 Å². The summed E-state index contributed by atoms with van der Waals surface area (Å²) in [5, 5.41) is 14.1. The summed E-state index contributed by atoms with van der Waals surface area (Å²) in [5.74, 6) is -2.06. The highest BCUT2D eigenvalue weighted by Gasteiger charge is 2.45. The number of hydrogen-bond donors (Lipinski definition) is 2. The Morgan fingerprint density at radius 1 is 1.09 bits per heavy atom. The van der Waals surface area contributed by atoms with E-state index in [2.05, 4.69) is 20.9 Å². The first-order chi connectivity index (χ1) is 15.9. The van der Waals surface area contributed by atoms with Crippen LogP contribution in [0.15, 0.2) is 24.4 Å². The summed E-state index contributed by atoms with van der Waals surface area (Å²) in [7, 11) is 1.82. The minimum absolute atomic E-state index is 0.0866.